The van der Waals surface area contributed by atoms with E-state index in [1.54, 1.807) is 17.0 Å². The molecule has 9 heteroatoms. The van der Waals surface area contributed by atoms with Crippen LogP contribution >= 0.6 is 23.2 Å². The number of hydrogen-bond donors (Lipinski definition) is 1. The number of carbonyl (C=O) groups excluding carboxylic acids is 1. The quantitative estimate of drug-likeness (QED) is 0.416. The molecule has 0 saturated heterocycles. The zero-order valence-electron chi connectivity index (χ0n) is 18.5. The first-order valence-corrected chi connectivity index (χ1v) is 11.9. The third-order valence-corrected chi connectivity index (χ3v) is 6.57. The summed E-state index contributed by atoms with van der Waals surface area (Å²) in [6, 6.07) is 14.8. The molecule has 35 heavy (non-hydrogen) atoms. The molecule has 0 unspecified atom stereocenters. The van der Waals surface area contributed by atoms with Crippen molar-refractivity contribution in [3.05, 3.63) is 82.0 Å². The van der Waals surface area contributed by atoms with Gasteiger partial charge in [-0.2, -0.15) is 0 Å². The van der Waals surface area contributed by atoms with Crippen LogP contribution in [0.4, 0.5) is 11.4 Å². The Bertz CT molecular complexity index is 1340. The number of aliphatic carboxylic acids is 1. The highest BCUT2D eigenvalue weighted by atomic mass is 35.5. The maximum Gasteiger partial charge on any atom is 0.328 e. The summed E-state index contributed by atoms with van der Waals surface area (Å²) in [7, 11) is 0. The lowest BCUT2D eigenvalue weighted by molar-refractivity contribution is -0.131. The molecule has 1 N–H and O–H groups in total. The summed E-state index contributed by atoms with van der Waals surface area (Å²) in [5, 5.41) is 9.29. The fourth-order valence-electron chi connectivity index (χ4n) is 4.16. The SMILES string of the molecule is O=C(O)/C=C/c1cc(Cl)c(Oc2ncccc2C(=O)N2CCN(C3CC3)c3ccccc32)cc1Cl. The molecule has 0 radical (unpaired) electrons. The van der Waals surface area contributed by atoms with Crippen molar-refractivity contribution in [2.24, 2.45) is 0 Å². The van der Waals surface area contributed by atoms with Crippen molar-refractivity contribution in [2.75, 3.05) is 22.9 Å². The minimum Gasteiger partial charge on any atom is -0.478 e. The molecule has 1 aliphatic heterocycles. The summed E-state index contributed by atoms with van der Waals surface area (Å²) in [6.45, 7) is 1.31. The van der Waals surface area contributed by atoms with Crippen LogP contribution in [0.3, 0.4) is 0 Å². The number of pyridine rings is 1. The van der Waals surface area contributed by atoms with Gasteiger partial charge in [0.15, 0.2) is 0 Å². The number of para-hydroxylation sites is 2. The third kappa shape index (κ3) is 4.83. The van der Waals surface area contributed by atoms with Crippen LogP contribution in [0.2, 0.25) is 10.0 Å². The van der Waals surface area contributed by atoms with Crippen LogP contribution in [0.5, 0.6) is 11.6 Å². The topological polar surface area (TPSA) is 83.0 Å². The number of halogens is 2. The van der Waals surface area contributed by atoms with Gasteiger partial charge in [-0.1, -0.05) is 35.3 Å². The smallest absolute Gasteiger partial charge is 0.328 e. The molecule has 1 amide bonds. The molecule has 0 atom stereocenters. The first-order valence-electron chi connectivity index (χ1n) is 11.1. The van der Waals surface area contributed by atoms with E-state index >= 15 is 0 Å². The second kappa shape index (κ2) is 9.60. The number of fused-ring (bicyclic) bond motifs is 1. The van der Waals surface area contributed by atoms with Gasteiger partial charge in [-0.3, -0.25) is 4.79 Å². The van der Waals surface area contributed by atoms with Gasteiger partial charge in [-0.15, -0.1) is 0 Å². The molecule has 1 aromatic heterocycles. The highest BCUT2D eigenvalue weighted by Gasteiger charge is 2.36. The number of aromatic nitrogens is 1. The van der Waals surface area contributed by atoms with E-state index in [1.807, 2.05) is 18.2 Å². The van der Waals surface area contributed by atoms with Gasteiger partial charge in [0.25, 0.3) is 5.91 Å². The molecule has 2 aliphatic rings. The molecule has 7 nitrogen and oxygen atoms in total. The Balaban J connectivity index is 1.44. The van der Waals surface area contributed by atoms with Gasteiger partial charge in [0.2, 0.25) is 5.88 Å². The van der Waals surface area contributed by atoms with Crippen LogP contribution in [-0.2, 0) is 4.79 Å². The van der Waals surface area contributed by atoms with E-state index in [0.29, 0.717) is 23.7 Å². The maximum absolute atomic E-state index is 13.7. The van der Waals surface area contributed by atoms with E-state index in [-0.39, 0.29) is 27.6 Å². The van der Waals surface area contributed by atoms with E-state index in [0.717, 1.165) is 24.0 Å². The van der Waals surface area contributed by atoms with Crippen molar-refractivity contribution in [3.8, 4) is 11.6 Å². The van der Waals surface area contributed by atoms with Crippen LogP contribution in [0, 0.1) is 0 Å². The van der Waals surface area contributed by atoms with Gasteiger partial charge in [0, 0.05) is 37.5 Å². The van der Waals surface area contributed by atoms with Crippen molar-refractivity contribution in [1.29, 1.82) is 0 Å². The van der Waals surface area contributed by atoms with Crippen molar-refractivity contribution in [2.45, 2.75) is 18.9 Å². The van der Waals surface area contributed by atoms with E-state index < -0.39 is 5.97 Å². The number of carboxylic acids is 1. The second-order valence-corrected chi connectivity index (χ2v) is 9.12. The van der Waals surface area contributed by atoms with Crippen LogP contribution < -0.4 is 14.5 Å². The molecule has 1 aliphatic carbocycles. The van der Waals surface area contributed by atoms with Crippen LogP contribution in [0.25, 0.3) is 6.08 Å². The fraction of sp³-hybridized carbons (Fsp3) is 0.192. The average molecular weight is 510 g/mol. The molecule has 2 aromatic carbocycles. The predicted octanol–water partition coefficient (Wildman–Crippen LogP) is 5.91. The van der Waals surface area contributed by atoms with Gasteiger partial charge in [0.1, 0.15) is 11.3 Å². The standard InChI is InChI=1S/C26H21Cl2N3O4/c27-19-15-23(20(28)14-16(19)7-10-24(32)33)35-25-18(4-3-11-29-25)26(34)31-13-12-30(17-8-9-17)21-5-1-2-6-22(21)31/h1-7,10-11,14-15,17H,8-9,12-13H2,(H,32,33)/b10-7+. The fourth-order valence-corrected chi connectivity index (χ4v) is 4.58. The predicted molar refractivity (Wildman–Crippen MR) is 136 cm³/mol. The maximum atomic E-state index is 13.7. The van der Waals surface area contributed by atoms with Gasteiger partial charge >= 0.3 is 5.97 Å². The summed E-state index contributed by atoms with van der Waals surface area (Å²) in [6.07, 6.45) is 6.20. The number of nitrogens with zero attached hydrogens (tertiary/aromatic N) is 3. The molecule has 5 rings (SSSR count). The summed E-state index contributed by atoms with van der Waals surface area (Å²) < 4.78 is 5.95. The second-order valence-electron chi connectivity index (χ2n) is 8.30. The monoisotopic (exact) mass is 509 g/mol. The van der Waals surface area contributed by atoms with Crippen LogP contribution in [0.15, 0.2) is 60.8 Å². The Hall–Kier alpha value is -3.55. The van der Waals surface area contributed by atoms with Crippen LogP contribution in [0.1, 0.15) is 28.8 Å². The minimum atomic E-state index is -1.10. The van der Waals surface area contributed by atoms with E-state index in [9.17, 15) is 9.59 Å². The van der Waals surface area contributed by atoms with Gasteiger partial charge in [-0.25, -0.2) is 9.78 Å². The zero-order valence-corrected chi connectivity index (χ0v) is 20.0. The third-order valence-electron chi connectivity index (χ3n) is 5.94. The number of amides is 1. The molecule has 178 valence electrons. The van der Waals surface area contributed by atoms with Crippen LogP contribution in [-0.4, -0.2) is 41.1 Å². The summed E-state index contributed by atoms with van der Waals surface area (Å²) in [5.74, 6) is -1.02. The number of benzene rings is 2. The number of ether oxygens (including phenoxy) is 1. The molecule has 1 saturated carbocycles. The first-order chi connectivity index (χ1) is 16.9. The minimum absolute atomic E-state index is 0.103. The molecule has 2 heterocycles. The Morgan fingerprint density at radius 1 is 1.03 bits per heavy atom. The zero-order chi connectivity index (χ0) is 24.5. The number of carboxylic acid groups (broad SMARTS) is 1. The van der Waals surface area contributed by atoms with Crippen molar-refractivity contribution in [1.82, 2.24) is 4.98 Å². The van der Waals surface area contributed by atoms with Gasteiger partial charge in [0.05, 0.1) is 21.4 Å². The molecular weight excluding hydrogens is 489 g/mol. The molecule has 1 fully saturated rings. The first kappa shape index (κ1) is 23.2. The van der Waals surface area contributed by atoms with Gasteiger partial charge in [-0.05, 0) is 54.8 Å². The Morgan fingerprint density at radius 3 is 2.54 bits per heavy atom. The molecule has 0 bridgehead atoms. The highest BCUT2D eigenvalue weighted by molar-refractivity contribution is 6.35. The largest absolute Gasteiger partial charge is 0.478 e. The number of carbonyl (C=O) groups is 2. The molecule has 3 aromatic rings. The number of hydrogen-bond acceptors (Lipinski definition) is 5. The van der Waals surface area contributed by atoms with E-state index in [2.05, 4.69) is 16.0 Å². The number of anilines is 2. The number of rotatable bonds is 6. The lowest BCUT2D eigenvalue weighted by atomic mass is 10.1. The van der Waals surface area contributed by atoms with Crippen molar-refractivity contribution >= 4 is 52.5 Å². The average Bonchev–Trinajstić information content (AvgIpc) is 3.70. The highest BCUT2D eigenvalue weighted by Crippen LogP contribution is 2.41. The lowest BCUT2D eigenvalue weighted by Crippen LogP contribution is -2.45. The summed E-state index contributed by atoms with van der Waals surface area (Å²) >= 11 is 12.7. The normalized spacial score (nSPS) is 15.3. The lowest BCUT2D eigenvalue weighted by Gasteiger charge is -2.38. The van der Waals surface area contributed by atoms with Gasteiger partial charge < -0.3 is 19.6 Å². The van der Waals surface area contributed by atoms with Crippen molar-refractivity contribution in [3.63, 3.8) is 0 Å². The van der Waals surface area contributed by atoms with E-state index in [1.165, 1.54) is 37.2 Å². The molecule has 0 spiro atoms. The van der Waals surface area contributed by atoms with E-state index in [4.69, 9.17) is 33.0 Å². The Kier molecular flexibility index (Phi) is 6.36. The van der Waals surface area contributed by atoms with Crippen molar-refractivity contribution < 1.29 is 19.4 Å². The molecular formula is C26H21Cl2N3O4. The summed E-state index contributed by atoms with van der Waals surface area (Å²) in [5.41, 5.74) is 2.64. The Morgan fingerprint density at radius 2 is 1.80 bits per heavy atom. The summed E-state index contributed by atoms with van der Waals surface area (Å²) in [4.78, 5) is 32.9. The Labute approximate surface area is 212 Å².